The third-order valence-corrected chi connectivity index (χ3v) is 2.76. The van der Waals surface area contributed by atoms with Gasteiger partial charge < -0.3 is 9.67 Å². The van der Waals surface area contributed by atoms with E-state index in [9.17, 15) is 9.18 Å². The van der Waals surface area contributed by atoms with Crippen molar-refractivity contribution < 1.29 is 14.3 Å². The van der Waals surface area contributed by atoms with Gasteiger partial charge in [0.15, 0.2) is 0 Å². The molecule has 17 heavy (non-hydrogen) atoms. The van der Waals surface area contributed by atoms with Gasteiger partial charge in [0.25, 0.3) is 0 Å². The number of carboxylic acids is 1. The molecule has 0 bridgehead atoms. The summed E-state index contributed by atoms with van der Waals surface area (Å²) in [7, 11) is 1.69. The summed E-state index contributed by atoms with van der Waals surface area (Å²) in [6.07, 6.45) is 0. The lowest BCUT2D eigenvalue weighted by molar-refractivity contribution is 0.0686. The lowest BCUT2D eigenvalue weighted by Gasteiger charge is -2.06. The van der Waals surface area contributed by atoms with Crippen LogP contribution in [0.25, 0.3) is 11.3 Å². The lowest BCUT2D eigenvalue weighted by Crippen LogP contribution is -2.05. The Labute approximate surface area is 98.1 Å². The molecular weight excluding hydrogens is 221 g/mol. The van der Waals surface area contributed by atoms with Gasteiger partial charge in [-0.05, 0) is 48.4 Å². The first-order valence-corrected chi connectivity index (χ1v) is 5.16. The molecule has 0 aliphatic heterocycles. The molecule has 0 aliphatic carbocycles. The molecule has 0 amide bonds. The van der Waals surface area contributed by atoms with Gasteiger partial charge >= 0.3 is 5.97 Å². The standard InChI is InChI=1S/C13H12FNO2/c1-8-7-11(13(16)17)15(2)12(8)9-3-5-10(14)6-4-9/h3-7H,1-2H3,(H,16,17). The smallest absolute Gasteiger partial charge is 0.352 e. The molecule has 0 spiro atoms. The topological polar surface area (TPSA) is 42.2 Å². The fourth-order valence-corrected chi connectivity index (χ4v) is 1.99. The number of nitrogens with zero attached hydrogens (tertiary/aromatic N) is 1. The minimum atomic E-state index is -0.969. The van der Waals surface area contributed by atoms with Gasteiger partial charge in [-0.1, -0.05) is 0 Å². The summed E-state index contributed by atoms with van der Waals surface area (Å²) in [5, 5.41) is 9.01. The molecule has 3 nitrogen and oxygen atoms in total. The molecule has 1 aromatic heterocycles. The number of benzene rings is 1. The summed E-state index contributed by atoms with van der Waals surface area (Å²) >= 11 is 0. The number of hydrogen-bond acceptors (Lipinski definition) is 1. The van der Waals surface area contributed by atoms with Crippen LogP contribution >= 0.6 is 0 Å². The lowest BCUT2D eigenvalue weighted by atomic mass is 10.1. The zero-order valence-electron chi connectivity index (χ0n) is 9.57. The van der Waals surface area contributed by atoms with E-state index in [2.05, 4.69) is 0 Å². The number of halogens is 1. The molecular formula is C13H12FNO2. The van der Waals surface area contributed by atoms with E-state index in [0.29, 0.717) is 0 Å². The third-order valence-electron chi connectivity index (χ3n) is 2.76. The summed E-state index contributed by atoms with van der Waals surface area (Å²) in [5.74, 6) is -1.27. The average Bonchev–Trinajstić information content (AvgIpc) is 2.56. The Morgan fingerprint density at radius 2 is 1.88 bits per heavy atom. The first kappa shape index (κ1) is 11.4. The Bertz CT molecular complexity index is 570. The maximum Gasteiger partial charge on any atom is 0.352 e. The van der Waals surface area contributed by atoms with E-state index in [1.165, 1.54) is 12.1 Å². The fourth-order valence-electron chi connectivity index (χ4n) is 1.99. The van der Waals surface area contributed by atoms with Crippen LogP contribution in [0.4, 0.5) is 4.39 Å². The maximum atomic E-state index is 12.8. The van der Waals surface area contributed by atoms with Crippen molar-refractivity contribution in [3.8, 4) is 11.3 Å². The summed E-state index contributed by atoms with van der Waals surface area (Å²) < 4.78 is 14.4. The average molecular weight is 233 g/mol. The molecule has 1 heterocycles. The second kappa shape index (κ2) is 4.05. The van der Waals surface area contributed by atoms with Gasteiger partial charge in [0.05, 0.1) is 5.69 Å². The summed E-state index contributed by atoms with van der Waals surface area (Å²) in [6.45, 7) is 1.84. The van der Waals surface area contributed by atoms with Crippen molar-refractivity contribution in [1.29, 1.82) is 0 Å². The number of rotatable bonds is 2. The minimum absolute atomic E-state index is 0.224. The van der Waals surface area contributed by atoms with Gasteiger partial charge in [0, 0.05) is 7.05 Å². The number of carboxylic acid groups (broad SMARTS) is 1. The van der Waals surface area contributed by atoms with Crippen LogP contribution in [0.5, 0.6) is 0 Å². The van der Waals surface area contributed by atoms with Crippen LogP contribution in [0, 0.1) is 12.7 Å². The Hall–Kier alpha value is -2.10. The zero-order valence-corrected chi connectivity index (χ0v) is 9.57. The third kappa shape index (κ3) is 1.93. The molecule has 0 aliphatic rings. The van der Waals surface area contributed by atoms with Crippen molar-refractivity contribution in [3.63, 3.8) is 0 Å². The van der Waals surface area contributed by atoms with Crippen molar-refractivity contribution >= 4 is 5.97 Å². The highest BCUT2D eigenvalue weighted by molar-refractivity contribution is 5.88. The van der Waals surface area contributed by atoms with Crippen molar-refractivity contribution in [3.05, 3.63) is 47.4 Å². The van der Waals surface area contributed by atoms with Gasteiger partial charge in [-0.3, -0.25) is 0 Å². The second-order valence-corrected chi connectivity index (χ2v) is 3.93. The van der Waals surface area contributed by atoms with Crippen molar-refractivity contribution in [2.75, 3.05) is 0 Å². The quantitative estimate of drug-likeness (QED) is 0.866. The first-order valence-electron chi connectivity index (χ1n) is 5.16. The predicted molar refractivity (Wildman–Crippen MR) is 62.5 cm³/mol. The van der Waals surface area contributed by atoms with E-state index in [0.717, 1.165) is 16.8 Å². The number of aryl methyl sites for hydroxylation is 1. The molecule has 0 unspecified atom stereocenters. The van der Waals surface area contributed by atoms with E-state index in [4.69, 9.17) is 5.11 Å². The van der Waals surface area contributed by atoms with Crippen LogP contribution in [0.15, 0.2) is 30.3 Å². The van der Waals surface area contributed by atoms with Crippen LogP contribution in [0.2, 0.25) is 0 Å². The maximum absolute atomic E-state index is 12.8. The van der Waals surface area contributed by atoms with Crippen LogP contribution in [0.3, 0.4) is 0 Å². The summed E-state index contributed by atoms with van der Waals surface area (Å²) in [4.78, 5) is 11.0. The first-order chi connectivity index (χ1) is 8.00. The predicted octanol–water partition coefficient (Wildman–Crippen LogP) is 2.84. The molecule has 88 valence electrons. The normalized spacial score (nSPS) is 10.5. The summed E-state index contributed by atoms with van der Waals surface area (Å²) in [6, 6.07) is 7.62. The van der Waals surface area contributed by atoms with E-state index >= 15 is 0 Å². The van der Waals surface area contributed by atoms with E-state index in [-0.39, 0.29) is 11.5 Å². The molecule has 4 heteroatoms. The van der Waals surface area contributed by atoms with Crippen LogP contribution in [0.1, 0.15) is 16.1 Å². The number of carbonyl (C=O) groups is 1. The van der Waals surface area contributed by atoms with Crippen molar-refractivity contribution in [2.45, 2.75) is 6.92 Å². The largest absolute Gasteiger partial charge is 0.477 e. The van der Waals surface area contributed by atoms with Crippen molar-refractivity contribution in [1.82, 2.24) is 4.57 Å². The van der Waals surface area contributed by atoms with Crippen LogP contribution < -0.4 is 0 Å². The van der Waals surface area contributed by atoms with E-state index in [1.807, 2.05) is 6.92 Å². The molecule has 1 aromatic carbocycles. The number of aromatic nitrogens is 1. The molecule has 0 saturated heterocycles. The monoisotopic (exact) mass is 233 g/mol. The molecule has 0 atom stereocenters. The highest BCUT2D eigenvalue weighted by Crippen LogP contribution is 2.26. The van der Waals surface area contributed by atoms with E-state index in [1.54, 1.807) is 29.8 Å². The second-order valence-electron chi connectivity index (χ2n) is 3.93. The summed E-state index contributed by atoms with van der Waals surface area (Å²) in [5.41, 5.74) is 2.68. The van der Waals surface area contributed by atoms with Crippen molar-refractivity contribution in [2.24, 2.45) is 7.05 Å². The Morgan fingerprint density at radius 3 is 2.35 bits per heavy atom. The molecule has 0 radical (unpaired) electrons. The van der Waals surface area contributed by atoms with Gasteiger partial charge in [0.2, 0.25) is 0 Å². The zero-order chi connectivity index (χ0) is 12.6. The Morgan fingerprint density at radius 1 is 1.29 bits per heavy atom. The molecule has 0 fully saturated rings. The van der Waals surface area contributed by atoms with Gasteiger partial charge in [-0.2, -0.15) is 0 Å². The fraction of sp³-hybridized carbons (Fsp3) is 0.154. The van der Waals surface area contributed by atoms with Gasteiger partial charge in [-0.15, -0.1) is 0 Å². The molecule has 2 aromatic rings. The Balaban J connectivity index is 2.59. The van der Waals surface area contributed by atoms with Gasteiger partial charge in [0.1, 0.15) is 11.5 Å². The van der Waals surface area contributed by atoms with Crippen LogP contribution in [-0.2, 0) is 7.05 Å². The SMILES string of the molecule is Cc1cc(C(=O)O)n(C)c1-c1ccc(F)cc1. The van der Waals surface area contributed by atoms with Gasteiger partial charge in [-0.25, -0.2) is 9.18 Å². The van der Waals surface area contributed by atoms with Crippen LogP contribution in [-0.4, -0.2) is 15.6 Å². The molecule has 1 N–H and O–H groups in total. The Kier molecular flexibility index (Phi) is 2.71. The highest BCUT2D eigenvalue weighted by atomic mass is 19.1. The number of hydrogen-bond donors (Lipinski definition) is 1. The highest BCUT2D eigenvalue weighted by Gasteiger charge is 2.15. The van der Waals surface area contributed by atoms with E-state index < -0.39 is 5.97 Å². The number of aromatic carboxylic acids is 1. The molecule has 0 saturated carbocycles. The molecule has 2 rings (SSSR count). The minimum Gasteiger partial charge on any atom is -0.477 e.